The van der Waals surface area contributed by atoms with Gasteiger partial charge in [-0.25, -0.2) is 9.13 Å². The van der Waals surface area contributed by atoms with Crippen LogP contribution in [0.1, 0.15) is 57.1 Å². The summed E-state index contributed by atoms with van der Waals surface area (Å²) in [7, 11) is 0. The Morgan fingerprint density at radius 3 is 1.92 bits per heavy atom. The van der Waals surface area contributed by atoms with E-state index in [1.807, 2.05) is 0 Å². The van der Waals surface area contributed by atoms with E-state index < -0.39 is 0 Å². The Morgan fingerprint density at radius 2 is 1.35 bits per heavy atom. The van der Waals surface area contributed by atoms with Gasteiger partial charge in [0.2, 0.25) is 6.33 Å². The lowest BCUT2D eigenvalue weighted by Crippen LogP contribution is -2.31. The number of fused-ring (bicyclic) bond motifs is 1. The molecule has 2 aromatic carbocycles. The number of aromatic nitrogens is 2. The summed E-state index contributed by atoms with van der Waals surface area (Å²) in [5.74, 6) is 0. The van der Waals surface area contributed by atoms with Gasteiger partial charge in [0.05, 0.1) is 0 Å². The molecule has 1 aromatic heterocycles. The molecule has 0 fully saturated rings. The zero-order valence-corrected chi connectivity index (χ0v) is 16.9. The molecule has 0 saturated heterocycles. The van der Waals surface area contributed by atoms with Crippen molar-refractivity contribution in [2.24, 2.45) is 0 Å². The fourth-order valence-electron chi connectivity index (χ4n) is 5.07. The zero-order chi connectivity index (χ0) is 18.6. The van der Waals surface area contributed by atoms with E-state index in [1.54, 1.807) is 0 Å². The van der Waals surface area contributed by atoms with Gasteiger partial charge in [0.25, 0.3) is 0 Å². The Bertz CT molecular complexity index is 961. The van der Waals surface area contributed by atoms with Gasteiger partial charge in [0.15, 0.2) is 0 Å². The first kappa shape index (κ1) is 17.1. The topological polar surface area (TPSA) is 8.81 Å². The fourth-order valence-corrected chi connectivity index (χ4v) is 5.07. The van der Waals surface area contributed by atoms with Crippen molar-refractivity contribution in [1.82, 2.24) is 4.57 Å². The maximum atomic E-state index is 2.50. The monoisotopic (exact) mass is 345 g/mol. The lowest BCUT2D eigenvalue weighted by molar-refractivity contribution is -0.596. The predicted molar refractivity (Wildman–Crippen MR) is 107 cm³/mol. The standard InChI is InChI=1S/C24H29N2/c1-15-9-17(3)23(18(4)10-15)22-8-7-21-13-25(14-26(21)22)24-19(5)11-16(2)12-20(24)6/h9-14,22H,7-8H2,1-6H3/q+1/t22-/m1/s1. The van der Waals surface area contributed by atoms with Gasteiger partial charge in [-0.3, -0.25) is 0 Å². The molecule has 0 unspecified atom stereocenters. The third-order valence-electron chi connectivity index (χ3n) is 5.84. The van der Waals surface area contributed by atoms with Crippen LogP contribution in [0.2, 0.25) is 0 Å². The Kier molecular flexibility index (Phi) is 4.02. The molecule has 1 aliphatic rings. The molecule has 1 aliphatic heterocycles. The highest BCUT2D eigenvalue weighted by Crippen LogP contribution is 2.35. The van der Waals surface area contributed by atoms with Crippen LogP contribution in [-0.2, 0) is 6.42 Å². The number of nitrogens with zero attached hydrogens (tertiary/aromatic N) is 2. The van der Waals surface area contributed by atoms with Gasteiger partial charge < -0.3 is 0 Å². The molecule has 2 nitrogen and oxygen atoms in total. The molecule has 26 heavy (non-hydrogen) atoms. The summed E-state index contributed by atoms with van der Waals surface area (Å²) in [4.78, 5) is 0. The smallest absolute Gasteiger partial charge is 0.227 e. The van der Waals surface area contributed by atoms with Crippen molar-refractivity contribution >= 4 is 0 Å². The lowest BCUT2D eigenvalue weighted by Gasteiger charge is -2.16. The molecule has 3 aromatic rings. The van der Waals surface area contributed by atoms with Crippen LogP contribution < -0.4 is 4.57 Å². The number of rotatable bonds is 2. The Hall–Kier alpha value is -2.35. The van der Waals surface area contributed by atoms with Crippen LogP contribution in [-0.4, -0.2) is 4.57 Å². The molecular weight excluding hydrogens is 316 g/mol. The predicted octanol–water partition coefficient (Wildman–Crippen LogP) is 5.15. The number of imidazole rings is 1. The average Bonchev–Trinajstić information content (AvgIpc) is 3.07. The van der Waals surface area contributed by atoms with E-state index >= 15 is 0 Å². The zero-order valence-electron chi connectivity index (χ0n) is 16.9. The van der Waals surface area contributed by atoms with Gasteiger partial charge in [0.1, 0.15) is 23.6 Å². The summed E-state index contributed by atoms with van der Waals surface area (Å²) >= 11 is 0. The molecule has 0 aliphatic carbocycles. The van der Waals surface area contributed by atoms with Crippen LogP contribution in [0.15, 0.2) is 36.8 Å². The molecule has 0 radical (unpaired) electrons. The fraction of sp³-hybridized carbons (Fsp3) is 0.375. The quantitative estimate of drug-likeness (QED) is 0.568. The normalized spacial score (nSPS) is 16.2. The van der Waals surface area contributed by atoms with E-state index in [0.29, 0.717) is 6.04 Å². The third-order valence-corrected chi connectivity index (χ3v) is 5.84. The van der Waals surface area contributed by atoms with Crippen LogP contribution in [0.25, 0.3) is 5.69 Å². The van der Waals surface area contributed by atoms with Crippen molar-refractivity contribution in [3.63, 3.8) is 0 Å². The second kappa shape index (κ2) is 6.12. The van der Waals surface area contributed by atoms with Gasteiger partial charge in [-0.05, 0) is 63.8 Å². The summed E-state index contributed by atoms with van der Waals surface area (Å²) in [6.45, 7) is 13.3. The minimum absolute atomic E-state index is 0.456. The number of hydrogen-bond acceptors (Lipinski definition) is 0. The van der Waals surface area contributed by atoms with E-state index in [2.05, 4.69) is 87.5 Å². The minimum Gasteiger partial charge on any atom is -0.227 e. The number of benzene rings is 2. The average molecular weight is 346 g/mol. The SMILES string of the molecule is Cc1cc(C)c([C@H]2CCc3c[n+](-c4c(C)cc(C)cc4C)cn32)c(C)c1. The molecule has 0 saturated carbocycles. The van der Waals surface area contributed by atoms with Crippen molar-refractivity contribution in [1.29, 1.82) is 0 Å². The lowest BCUT2D eigenvalue weighted by atomic mass is 9.93. The summed E-state index contributed by atoms with van der Waals surface area (Å²) in [6.07, 6.45) is 7.00. The van der Waals surface area contributed by atoms with Gasteiger partial charge in [-0.2, -0.15) is 0 Å². The second-order valence-electron chi connectivity index (χ2n) is 8.16. The van der Waals surface area contributed by atoms with E-state index in [4.69, 9.17) is 0 Å². The van der Waals surface area contributed by atoms with Gasteiger partial charge >= 0.3 is 0 Å². The van der Waals surface area contributed by atoms with E-state index in [1.165, 1.54) is 56.7 Å². The molecule has 2 heteroatoms. The Morgan fingerprint density at radius 1 is 0.808 bits per heavy atom. The van der Waals surface area contributed by atoms with Crippen molar-refractivity contribution < 1.29 is 4.57 Å². The maximum Gasteiger partial charge on any atom is 0.249 e. The molecule has 1 atom stereocenters. The van der Waals surface area contributed by atoms with Crippen molar-refractivity contribution in [2.45, 2.75) is 60.4 Å². The largest absolute Gasteiger partial charge is 0.249 e. The molecule has 0 bridgehead atoms. The first-order valence-corrected chi connectivity index (χ1v) is 9.63. The molecule has 0 N–H and O–H groups in total. The maximum absolute atomic E-state index is 2.50. The Balaban J connectivity index is 1.81. The highest BCUT2D eigenvalue weighted by atomic mass is 15.2. The molecule has 0 amide bonds. The highest BCUT2D eigenvalue weighted by molar-refractivity contribution is 5.44. The van der Waals surface area contributed by atoms with Crippen LogP contribution in [0.5, 0.6) is 0 Å². The van der Waals surface area contributed by atoms with Gasteiger partial charge in [-0.15, -0.1) is 0 Å². The first-order chi connectivity index (χ1) is 12.3. The molecule has 134 valence electrons. The molecular formula is C24H29N2+. The second-order valence-corrected chi connectivity index (χ2v) is 8.16. The molecule has 2 heterocycles. The van der Waals surface area contributed by atoms with E-state index in [9.17, 15) is 0 Å². The Labute approximate surface area is 157 Å². The summed E-state index contributed by atoms with van der Waals surface area (Å²) < 4.78 is 4.84. The van der Waals surface area contributed by atoms with Crippen LogP contribution in [0, 0.1) is 41.5 Å². The first-order valence-electron chi connectivity index (χ1n) is 9.63. The van der Waals surface area contributed by atoms with Crippen LogP contribution >= 0.6 is 0 Å². The number of aryl methyl sites for hydroxylation is 7. The van der Waals surface area contributed by atoms with Gasteiger partial charge in [0, 0.05) is 18.4 Å². The summed E-state index contributed by atoms with van der Waals surface area (Å²) in [6, 6.07) is 9.67. The molecule has 0 spiro atoms. The van der Waals surface area contributed by atoms with Crippen LogP contribution in [0.4, 0.5) is 0 Å². The van der Waals surface area contributed by atoms with Crippen molar-refractivity contribution in [3.8, 4) is 5.69 Å². The van der Waals surface area contributed by atoms with E-state index in [-0.39, 0.29) is 0 Å². The number of hydrogen-bond donors (Lipinski definition) is 0. The van der Waals surface area contributed by atoms with E-state index in [0.717, 1.165) is 6.42 Å². The van der Waals surface area contributed by atoms with Crippen LogP contribution in [0.3, 0.4) is 0 Å². The summed E-state index contributed by atoms with van der Waals surface area (Å²) in [5.41, 5.74) is 12.5. The summed E-state index contributed by atoms with van der Waals surface area (Å²) in [5, 5.41) is 0. The third kappa shape index (κ3) is 2.68. The molecule has 4 rings (SSSR count). The van der Waals surface area contributed by atoms with Gasteiger partial charge in [-0.1, -0.05) is 35.4 Å². The van der Waals surface area contributed by atoms with Crippen molar-refractivity contribution in [3.05, 3.63) is 81.4 Å². The van der Waals surface area contributed by atoms with Crippen molar-refractivity contribution in [2.75, 3.05) is 0 Å². The highest BCUT2D eigenvalue weighted by Gasteiger charge is 2.33. The minimum atomic E-state index is 0.456.